The predicted octanol–water partition coefficient (Wildman–Crippen LogP) is 3.93. The second-order valence-corrected chi connectivity index (χ2v) is 6.69. The number of aliphatic imine (C=N–C) groups is 1. The fraction of sp³-hybridized carbons (Fsp3) is 0.556. The lowest BCUT2D eigenvalue weighted by atomic mass is 10.1. The van der Waals surface area contributed by atoms with Crippen molar-refractivity contribution in [3.05, 3.63) is 44.3 Å². The van der Waals surface area contributed by atoms with Gasteiger partial charge < -0.3 is 9.30 Å². The second-order valence-electron chi connectivity index (χ2n) is 5.90. The molecule has 1 aromatic heterocycles. The van der Waals surface area contributed by atoms with E-state index < -0.39 is 0 Å². The van der Waals surface area contributed by atoms with Crippen LogP contribution in [0.5, 0.6) is 0 Å². The largest absolute Gasteiger partial charge is 0.379 e. The van der Waals surface area contributed by atoms with Crippen LogP contribution in [0, 0.1) is 6.92 Å². The van der Waals surface area contributed by atoms with E-state index in [4.69, 9.17) is 9.73 Å². The molecule has 0 aliphatic carbocycles. The van der Waals surface area contributed by atoms with Gasteiger partial charge in [0.2, 0.25) is 0 Å². The molecule has 1 saturated heterocycles. The highest BCUT2D eigenvalue weighted by atomic mass is 32.2. The fourth-order valence-electron chi connectivity index (χ4n) is 2.89. The number of aromatic nitrogens is 1. The maximum atomic E-state index is 12.3. The molecule has 1 aromatic rings. The Morgan fingerprint density at radius 2 is 2.17 bits per heavy atom. The van der Waals surface area contributed by atoms with Crippen molar-refractivity contribution in [2.24, 2.45) is 4.99 Å². The summed E-state index contributed by atoms with van der Waals surface area (Å²) in [5.41, 5.74) is 4.29. The summed E-state index contributed by atoms with van der Waals surface area (Å²) in [4.78, 5) is 17.1. The number of pyridine rings is 1. The summed E-state index contributed by atoms with van der Waals surface area (Å²) >= 11 is 1.67. The maximum absolute atomic E-state index is 12.3. The fourth-order valence-corrected chi connectivity index (χ4v) is 3.61. The minimum Gasteiger partial charge on any atom is -0.379 e. The van der Waals surface area contributed by atoms with E-state index in [1.54, 1.807) is 17.8 Å². The molecule has 0 saturated carbocycles. The van der Waals surface area contributed by atoms with Gasteiger partial charge in [0.25, 0.3) is 5.56 Å². The van der Waals surface area contributed by atoms with E-state index >= 15 is 0 Å². The molecule has 0 N–H and O–H groups in total. The molecular weight excluding hydrogens is 308 g/mol. The third kappa shape index (κ3) is 3.96. The maximum Gasteiger partial charge on any atom is 0.251 e. The topological polar surface area (TPSA) is 43.6 Å². The van der Waals surface area contributed by atoms with Crippen molar-refractivity contribution in [1.29, 1.82) is 0 Å². The molecule has 2 heterocycles. The quantitative estimate of drug-likeness (QED) is 0.766. The molecule has 5 heteroatoms. The monoisotopic (exact) mass is 334 g/mol. The van der Waals surface area contributed by atoms with Crippen LogP contribution in [0.25, 0.3) is 0 Å². The SMILES string of the molecule is CC/C(C)=C(/N=C(/C)c1ccc(=O)n(C2CCOC2)c1C)SC. The zero-order valence-electron chi connectivity index (χ0n) is 14.7. The van der Waals surface area contributed by atoms with E-state index in [1.165, 1.54) is 5.57 Å². The molecule has 2 rings (SSSR count). The van der Waals surface area contributed by atoms with Crippen molar-refractivity contribution >= 4 is 17.5 Å². The van der Waals surface area contributed by atoms with Gasteiger partial charge >= 0.3 is 0 Å². The number of hydrogen-bond donors (Lipinski definition) is 0. The van der Waals surface area contributed by atoms with Crippen molar-refractivity contribution in [2.75, 3.05) is 19.5 Å². The smallest absolute Gasteiger partial charge is 0.251 e. The number of hydrogen-bond acceptors (Lipinski definition) is 4. The lowest BCUT2D eigenvalue weighted by Crippen LogP contribution is -2.28. The van der Waals surface area contributed by atoms with Crippen molar-refractivity contribution in [3.8, 4) is 0 Å². The second kappa shape index (κ2) is 7.97. The van der Waals surface area contributed by atoms with Crippen LogP contribution in [-0.4, -0.2) is 29.7 Å². The molecule has 126 valence electrons. The predicted molar refractivity (Wildman–Crippen MR) is 98.6 cm³/mol. The molecule has 0 aromatic carbocycles. The van der Waals surface area contributed by atoms with Gasteiger partial charge in [0, 0.05) is 29.6 Å². The Balaban J connectivity index is 2.47. The highest BCUT2D eigenvalue weighted by Crippen LogP contribution is 2.24. The van der Waals surface area contributed by atoms with E-state index in [-0.39, 0.29) is 11.6 Å². The summed E-state index contributed by atoms with van der Waals surface area (Å²) in [5, 5.41) is 1.06. The van der Waals surface area contributed by atoms with E-state index in [0.29, 0.717) is 6.61 Å². The van der Waals surface area contributed by atoms with Gasteiger partial charge in [-0.25, -0.2) is 4.99 Å². The summed E-state index contributed by atoms with van der Waals surface area (Å²) < 4.78 is 7.32. The molecule has 0 amide bonds. The average Bonchev–Trinajstić information content (AvgIpc) is 3.05. The standard InChI is InChI=1S/C18H26N2O2S/c1-6-12(2)18(23-5)19-13(3)16-7-8-17(21)20(14(16)4)15-9-10-22-11-15/h7-8,15H,6,9-11H2,1-5H3/b18-12-,19-13-. The van der Waals surface area contributed by atoms with Gasteiger partial charge in [-0.3, -0.25) is 4.79 Å². The van der Waals surface area contributed by atoms with E-state index in [0.717, 1.165) is 41.4 Å². The third-order valence-corrected chi connectivity index (χ3v) is 5.23. The summed E-state index contributed by atoms with van der Waals surface area (Å²) in [6.45, 7) is 9.62. The first kappa shape index (κ1) is 18.0. The summed E-state index contributed by atoms with van der Waals surface area (Å²) in [6.07, 6.45) is 3.94. The molecule has 23 heavy (non-hydrogen) atoms. The summed E-state index contributed by atoms with van der Waals surface area (Å²) in [5.74, 6) is 0. The van der Waals surface area contributed by atoms with Crippen LogP contribution in [0.1, 0.15) is 50.9 Å². The minimum absolute atomic E-state index is 0.0416. The molecule has 4 nitrogen and oxygen atoms in total. The Hall–Kier alpha value is -1.33. The Kier molecular flexibility index (Phi) is 6.25. The normalized spacial score (nSPS) is 19.9. The van der Waals surface area contributed by atoms with Crippen molar-refractivity contribution in [2.45, 2.75) is 46.6 Å². The van der Waals surface area contributed by atoms with Crippen LogP contribution in [0.15, 0.2) is 32.5 Å². The highest BCUT2D eigenvalue weighted by Gasteiger charge is 2.21. The molecular formula is C18H26N2O2S. The number of nitrogens with zero attached hydrogens (tertiary/aromatic N) is 2. The van der Waals surface area contributed by atoms with Crippen molar-refractivity contribution in [1.82, 2.24) is 4.57 Å². The Bertz CT molecular complexity index is 683. The first-order chi connectivity index (χ1) is 11.0. The van der Waals surface area contributed by atoms with E-state index in [9.17, 15) is 4.79 Å². The highest BCUT2D eigenvalue weighted by molar-refractivity contribution is 8.02. The van der Waals surface area contributed by atoms with Gasteiger partial charge in [-0.15, -0.1) is 11.8 Å². The lowest BCUT2D eigenvalue weighted by Gasteiger charge is -2.18. The number of allylic oxidation sites excluding steroid dienone is 1. The van der Waals surface area contributed by atoms with Gasteiger partial charge in [-0.1, -0.05) is 6.92 Å². The van der Waals surface area contributed by atoms with Gasteiger partial charge in [-0.05, 0) is 51.5 Å². The zero-order chi connectivity index (χ0) is 17.0. The van der Waals surface area contributed by atoms with Crippen LogP contribution in [0.4, 0.5) is 0 Å². The first-order valence-corrected chi connectivity index (χ1v) is 9.31. The number of thioether (sulfide) groups is 1. The molecule has 1 unspecified atom stereocenters. The molecule has 1 atom stereocenters. The molecule has 1 aliphatic rings. The zero-order valence-corrected chi connectivity index (χ0v) is 15.5. The van der Waals surface area contributed by atoms with Crippen LogP contribution < -0.4 is 5.56 Å². The van der Waals surface area contributed by atoms with Crippen molar-refractivity contribution < 1.29 is 4.74 Å². The molecule has 0 bridgehead atoms. The van der Waals surface area contributed by atoms with Gasteiger partial charge in [0.15, 0.2) is 0 Å². The summed E-state index contributed by atoms with van der Waals surface area (Å²) in [6, 6.07) is 3.68. The van der Waals surface area contributed by atoms with Gasteiger partial charge in [0.05, 0.1) is 17.7 Å². The molecule has 1 fully saturated rings. The Labute approximate surface area is 142 Å². The van der Waals surface area contributed by atoms with Crippen LogP contribution in [0.2, 0.25) is 0 Å². The molecule has 0 spiro atoms. The Morgan fingerprint density at radius 1 is 1.43 bits per heavy atom. The average molecular weight is 334 g/mol. The molecule has 0 radical (unpaired) electrons. The van der Waals surface area contributed by atoms with E-state index in [2.05, 4.69) is 20.1 Å². The molecule has 1 aliphatic heterocycles. The van der Waals surface area contributed by atoms with Gasteiger partial charge in [-0.2, -0.15) is 0 Å². The lowest BCUT2D eigenvalue weighted by molar-refractivity contribution is 0.185. The summed E-state index contributed by atoms with van der Waals surface area (Å²) in [7, 11) is 0. The Morgan fingerprint density at radius 3 is 2.74 bits per heavy atom. The van der Waals surface area contributed by atoms with Crippen LogP contribution in [-0.2, 0) is 4.74 Å². The van der Waals surface area contributed by atoms with Crippen LogP contribution in [0.3, 0.4) is 0 Å². The van der Waals surface area contributed by atoms with Gasteiger partial charge in [0.1, 0.15) is 0 Å². The third-order valence-electron chi connectivity index (χ3n) is 4.40. The number of ether oxygens (including phenoxy) is 1. The van der Waals surface area contributed by atoms with Crippen LogP contribution >= 0.6 is 11.8 Å². The number of rotatable bonds is 5. The van der Waals surface area contributed by atoms with Crippen molar-refractivity contribution in [3.63, 3.8) is 0 Å². The minimum atomic E-state index is 0.0416. The first-order valence-electron chi connectivity index (χ1n) is 8.08. The van der Waals surface area contributed by atoms with E-state index in [1.807, 2.05) is 24.5 Å².